The SMILES string of the molecule is CC(Oc1ccccc1F)C(=O)NNC(=O)/C=C/c1cccc(-c2ccccc2)c1. The molecule has 0 bridgehead atoms. The van der Waals surface area contributed by atoms with Crippen LogP contribution in [0, 0.1) is 5.82 Å². The lowest BCUT2D eigenvalue weighted by Gasteiger charge is -2.15. The van der Waals surface area contributed by atoms with Crippen molar-refractivity contribution in [2.75, 3.05) is 0 Å². The minimum absolute atomic E-state index is 0.0373. The van der Waals surface area contributed by atoms with Crippen molar-refractivity contribution < 1.29 is 18.7 Å². The van der Waals surface area contributed by atoms with E-state index in [1.54, 1.807) is 12.1 Å². The number of hydrazine groups is 1. The molecule has 3 aromatic carbocycles. The zero-order valence-corrected chi connectivity index (χ0v) is 16.3. The Morgan fingerprint density at radius 3 is 2.37 bits per heavy atom. The van der Waals surface area contributed by atoms with Crippen molar-refractivity contribution >= 4 is 17.9 Å². The maximum atomic E-state index is 13.6. The van der Waals surface area contributed by atoms with E-state index < -0.39 is 23.7 Å². The summed E-state index contributed by atoms with van der Waals surface area (Å²) in [6, 6.07) is 23.4. The number of rotatable bonds is 6. The molecule has 3 aromatic rings. The first-order valence-electron chi connectivity index (χ1n) is 9.37. The third-order valence-corrected chi connectivity index (χ3v) is 4.24. The van der Waals surface area contributed by atoms with E-state index in [-0.39, 0.29) is 5.75 Å². The predicted molar refractivity (Wildman–Crippen MR) is 114 cm³/mol. The lowest BCUT2D eigenvalue weighted by Crippen LogP contribution is -2.46. The van der Waals surface area contributed by atoms with Crippen LogP contribution in [-0.2, 0) is 9.59 Å². The number of carbonyl (C=O) groups excluding carboxylic acids is 2. The summed E-state index contributed by atoms with van der Waals surface area (Å²) in [7, 11) is 0. The Labute approximate surface area is 174 Å². The molecule has 0 fully saturated rings. The molecule has 0 aliphatic rings. The van der Waals surface area contributed by atoms with Crippen LogP contribution in [0.15, 0.2) is 84.9 Å². The average molecular weight is 404 g/mol. The number of hydrogen-bond acceptors (Lipinski definition) is 3. The fourth-order valence-electron chi connectivity index (χ4n) is 2.68. The van der Waals surface area contributed by atoms with Crippen LogP contribution < -0.4 is 15.6 Å². The van der Waals surface area contributed by atoms with Crippen molar-refractivity contribution in [3.05, 3.63) is 96.3 Å². The van der Waals surface area contributed by atoms with E-state index in [1.807, 2.05) is 54.6 Å². The highest BCUT2D eigenvalue weighted by Gasteiger charge is 2.16. The normalized spacial score (nSPS) is 11.7. The third kappa shape index (κ3) is 5.78. The number of amides is 2. The van der Waals surface area contributed by atoms with Gasteiger partial charge in [-0.3, -0.25) is 20.4 Å². The van der Waals surface area contributed by atoms with Gasteiger partial charge in [0, 0.05) is 6.08 Å². The quantitative estimate of drug-likeness (QED) is 0.480. The van der Waals surface area contributed by atoms with E-state index >= 15 is 0 Å². The molecule has 2 N–H and O–H groups in total. The number of nitrogens with one attached hydrogen (secondary N) is 2. The molecule has 0 aromatic heterocycles. The first-order chi connectivity index (χ1) is 14.5. The molecule has 3 rings (SSSR count). The molecule has 0 heterocycles. The van der Waals surface area contributed by atoms with Gasteiger partial charge < -0.3 is 4.74 Å². The van der Waals surface area contributed by atoms with Crippen LogP contribution >= 0.6 is 0 Å². The molecule has 152 valence electrons. The van der Waals surface area contributed by atoms with Crippen molar-refractivity contribution in [3.8, 4) is 16.9 Å². The Bertz CT molecular complexity index is 1050. The number of carbonyl (C=O) groups is 2. The summed E-state index contributed by atoms with van der Waals surface area (Å²) in [4.78, 5) is 24.0. The van der Waals surface area contributed by atoms with Crippen molar-refractivity contribution in [1.29, 1.82) is 0 Å². The van der Waals surface area contributed by atoms with Crippen LogP contribution in [0.25, 0.3) is 17.2 Å². The minimum Gasteiger partial charge on any atom is -0.478 e. The highest BCUT2D eigenvalue weighted by atomic mass is 19.1. The van der Waals surface area contributed by atoms with Gasteiger partial charge in [-0.05, 0) is 47.9 Å². The number of hydrogen-bond donors (Lipinski definition) is 2. The first kappa shape index (κ1) is 20.8. The third-order valence-electron chi connectivity index (χ3n) is 4.24. The van der Waals surface area contributed by atoms with Gasteiger partial charge in [-0.25, -0.2) is 4.39 Å². The van der Waals surface area contributed by atoms with Crippen molar-refractivity contribution in [2.24, 2.45) is 0 Å². The van der Waals surface area contributed by atoms with E-state index in [4.69, 9.17) is 4.74 Å². The fourth-order valence-corrected chi connectivity index (χ4v) is 2.68. The van der Waals surface area contributed by atoms with Crippen LogP contribution in [0.5, 0.6) is 5.75 Å². The van der Waals surface area contributed by atoms with Crippen LogP contribution in [0.1, 0.15) is 12.5 Å². The molecule has 2 amide bonds. The molecule has 1 unspecified atom stereocenters. The molecule has 0 aliphatic carbocycles. The smallest absolute Gasteiger partial charge is 0.279 e. The Morgan fingerprint density at radius 1 is 0.900 bits per heavy atom. The molecular formula is C24H21FN2O3. The molecule has 0 saturated heterocycles. The van der Waals surface area contributed by atoms with E-state index in [0.717, 1.165) is 16.7 Å². The first-order valence-corrected chi connectivity index (χ1v) is 9.37. The van der Waals surface area contributed by atoms with Crippen LogP contribution in [0.3, 0.4) is 0 Å². The van der Waals surface area contributed by atoms with E-state index in [1.165, 1.54) is 31.2 Å². The number of halogens is 1. The Hall–Kier alpha value is -3.93. The molecule has 0 aliphatic heterocycles. The van der Waals surface area contributed by atoms with Gasteiger partial charge in [-0.15, -0.1) is 0 Å². The fraction of sp³-hybridized carbons (Fsp3) is 0.0833. The monoisotopic (exact) mass is 404 g/mol. The molecule has 0 spiro atoms. The van der Waals surface area contributed by atoms with Gasteiger partial charge in [0.15, 0.2) is 17.7 Å². The van der Waals surface area contributed by atoms with Gasteiger partial charge in [0.2, 0.25) is 0 Å². The van der Waals surface area contributed by atoms with E-state index in [0.29, 0.717) is 0 Å². The Balaban J connectivity index is 1.52. The van der Waals surface area contributed by atoms with Gasteiger partial charge in [0.05, 0.1) is 0 Å². The van der Waals surface area contributed by atoms with Gasteiger partial charge in [0.25, 0.3) is 11.8 Å². The standard InChI is InChI=1S/C24H21FN2O3/c1-17(30-22-13-6-5-12-21(22)25)24(29)27-26-23(28)15-14-18-8-7-11-20(16-18)19-9-3-2-4-10-19/h2-17H,1H3,(H,26,28)(H,27,29)/b15-14+. The second-order valence-corrected chi connectivity index (χ2v) is 6.49. The second kappa shape index (κ2) is 10.0. The molecule has 5 nitrogen and oxygen atoms in total. The minimum atomic E-state index is -0.992. The topological polar surface area (TPSA) is 67.4 Å². The van der Waals surface area contributed by atoms with Crippen LogP contribution in [0.4, 0.5) is 4.39 Å². The molecule has 6 heteroatoms. The molecule has 1 atom stereocenters. The highest BCUT2D eigenvalue weighted by molar-refractivity contribution is 5.93. The van der Waals surface area contributed by atoms with E-state index in [2.05, 4.69) is 10.9 Å². The lowest BCUT2D eigenvalue weighted by molar-refractivity contribution is -0.131. The maximum Gasteiger partial charge on any atom is 0.279 e. The summed E-state index contributed by atoms with van der Waals surface area (Å²) < 4.78 is 18.9. The van der Waals surface area contributed by atoms with Gasteiger partial charge in [-0.2, -0.15) is 0 Å². The molecule has 0 saturated carbocycles. The lowest BCUT2D eigenvalue weighted by atomic mass is 10.0. The highest BCUT2D eigenvalue weighted by Crippen LogP contribution is 2.20. The Kier molecular flexibility index (Phi) is 6.95. The second-order valence-electron chi connectivity index (χ2n) is 6.49. The molecule has 30 heavy (non-hydrogen) atoms. The Morgan fingerprint density at radius 2 is 1.60 bits per heavy atom. The van der Waals surface area contributed by atoms with Crippen LogP contribution in [0.2, 0.25) is 0 Å². The summed E-state index contributed by atoms with van der Waals surface area (Å²) >= 11 is 0. The largest absolute Gasteiger partial charge is 0.478 e. The predicted octanol–water partition coefficient (Wildman–Crippen LogP) is 4.12. The van der Waals surface area contributed by atoms with E-state index in [9.17, 15) is 14.0 Å². The van der Waals surface area contributed by atoms with Crippen molar-refractivity contribution in [2.45, 2.75) is 13.0 Å². The van der Waals surface area contributed by atoms with Crippen molar-refractivity contribution in [1.82, 2.24) is 10.9 Å². The summed E-state index contributed by atoms with van der Waals surface area (Å²) in [6.45, 7) is 1.46. The zero-order chi connectivity index (χ0) is 21.3. The average Bonchev–Trinajstić information content (AvgIpc) is 2.78. The summed E-state index contributed by atoms with van der Waals surface area (Å²) in [5, 5.41) is 0. The van der Waals surface area contributed by atoms with Crippen molar-refractivity contribution in [3.63, 3.8) is 0 Å². The molecule has 0 radical (unpaired) electrons. The summed E-state index contributed by atoms with van der Waals surface area (Å²) in [6.07, 6.45) is 1.97. The maximum absolute atomic E-state index is 13.6. The van der Waals surface area contributed by atoms with Crippen LogP contribution in [-0.4, -0.2) is 17.9 Å². The number of benzene rings is 3. The van der Waals surface area contributed by atoms with Gasteiger partial charge in [-0.1, -0.05) is 60.7 Å². The number of ether oxygens (including phenoxy) is 1. The summed E-state index contributed by atoms with van der Waals surface area (Å²) in [5.74, 6) is -1.72. The zero-order valence-electron chi connectivity index (χ0n) is 16.3. The number of para-hydroxylation sites is 1. The molecular weight excluding hydrogens is 383 g/mol. The van der Waals surface area contributed by atoms with Gasteiger partial charge >= 0.3 is 0 Å². The van der Waals surface area contributed by atoms with Gasteiger partial charge in [0.1, 0.15) is 0 Å². The summed E-state index contributed by atoms with van der Waals surface area (Å²) in [5.41, 5.74) is 7.49.